The predicted molar refractivity (Wildman–Crippen MR) is 65.4 cm³/mol. The van der Waals surface area contributed by atoms with Crippen molar-refractivity contribution in [3.63, 3.8) is 0 Å². The zero-order valence-corrected chi connectivity index (χ0v) is 10.5. The highest BCUT2D eigenvalue weighted by Crippen LogP contribution is 2.26. The summed E-state index contributed by atoms with van der Waals surface area (Å²) in [6, 6.07) is 4.14. The van der Waals surface area contributed by atoms with Crippen LogP contribution in [0.5, 0.6) is 11.5 Å². The Morgan fingerprint density at radius 3 is 2.50 bits per heavy atom. The number of phenols is 1. The highest BCUT2D eigenvalue weighted by atomic mass is 16.5. The Bertz CT molecular complexity index is 483. The second kappa shape index (κ2) is 4.95. The summed E-state index contributed by atoms with van der Waals surface area (Å²) in [4.78, 5) is 23.0. The van der Waals surface area contributed by atoms with Crippen LogP contribution in [-0.2, 0) is 4.79 Å². The number of ether oxygens (including phenoxy) is 1. The molecule has 0 heterocycles. The molecule has 0 spiro atoms. The third-order valence-corrected chi connectivity index (χ3v) is 2.48. The zero-order valence-electron chi connectivity index (χ0n) is 10.5. The van der Waals surface area contributed by atoms with E-state index in [1.54, 1.807) is 0 Å². The molecule has 98 valence electrons. The molecule has 0 fully saturated rings. The molecule has 0 aliphatic carbocycles. The van der Waals surface area contributed by atoms with Gasteiger partial charge in [0, 0.05) is 5.56 Å². The Hall–Kier alpha value is -2.24. The lowest BCUT2D eigenvalue weighted by Crippen LogP contribution is -2.52. The molecule has 0 aliphatic heterocycles. The van der Waals surface area contributed by atoms with E-state index in [2.05, 4.69) is 5.32 Å². The number of amides is 2. The molecule has 0 saturated carbocycles. The van der Waals surface area contributed by atoms with Gasteiger partial charge < -0.3 is 20.9 Å². The molecule has 4 N–H and O–H groups in total. The molecule has 0 unspecified atom stereocenters. The van der Waals surface area contributed by atoms with Crippen LogP contribution in [0.25, 0.3) is 0 Å². The molecule has 0 radical (unpaired) electrons. The minimum absolute atomic E-state index is 0.0665. The van der Waals surface area contributed by atoms with Gasteiger partial charge in [-0.05, 0) is 32.0 Å². The highest BCUT2D eigenvalue weighted by molar-refractivity contribution is 5.99. The quantitative estimate of drug-likeness (QED) is 0.721. The lowest BCUT2D eigenvalue weighted by atomic mass is 10.0. The summed E-state index contributed by atoms with van der Waals surface area (Å²) >= 11 is 0. The molecular weight excluding hydrogens is 236 g/mol. The summed E-state index contributed by atoms with van der Waals surface area (Å²) in [6.07, 6.45) is 0. The van der Waals surface area contributed by atoms with Crippen molar-refractivity contribution in [2.75, 3.05) is 7.11 Å². The van der Waals surface area contributed by atoms with E-state index in [-0.39, 0.29) is 17.1 Å². The molecular formula is C12H16N2O4. The van der Waals surface area contributed by atoms with Crippen LogP contribution in [-0.4, -0.2) is 29.6 Å². The third kappa shape index (κ3) is 2.91. The van der Waals surface area contributed by atoms with E-state index in [4.69, 9.17) is 10.5 Å². The van der Waals surface area contributed by atoms with Crippen LogP contribution in [0.1, 0.15) is 24.2 Å². The van der Waals surface area contributed by atoms with Crippen LogP contribution in [0.3, 0.4) is 0 Å². The Labute approximate surface area is 105 Å². The van der Waals surface area contributed by atoms with Crippen molar-refractivity contribution >= 4 is 11.8 Å². The Morgan fingerprint density at radius 2 is 2.00 bits per heavy atom. The molecule has 0 bridgehead atoms. The van der Waals surface area contributed by atoms with Crippen molar-refractivity contribution in [1.82, 2.24) is 5.32 Å². The average Bonchev–Trinajstić information content (AvgIpc) is 2.28. The van der Waals surface area contributed by atoms with Gasteiger partial charge >= 0.3 is 0 Å². The first-order valence-corrected chi connectivity index (χ1v) is 5.27. The minimum atomic E-state index is -1.15. The van der Waals surface area contributed by atoms with Gasteiger partial charge in [-0.2, -0.15) is 0 Å². The van der Waals surface area contributed by atoms with Gasteiger partial charge in [-0.1, -0.05) is 0 Å². The number of methoxy groups -OCH3 is 1. The molecule has 2 amide bonds. The van der Waals surface area contributed by atoms with E-state index < -0.39 is 17.4 Å². The third-order valence-electron chi connectivity index (χ3n) is 2.48. The second-order valence-electron chi connectivity index (χ2n) is 4.33. The van der Waals surface area contributed by atoms with Crippen molar-refractivity contribution in [2.45, 2.75) is 19.4 Å². The minimum Gasteiger partial charge on any atom is -0.504 e. The van der Waals surface area contributed by atoms with Gasteiger partial charge in [0.05, 0.1) is 7.11 Å². The zero-order chi connectivity index (χ0) is 13.9. The van der Waals surface area contributed by atoms with Crippen LogP contribution in [0.4, 0.5) is 0 Å². The number of phenolic OH excluding ortho intramolecular Hbond substituents is 1. The lowest BCUT2D eigenvalue weighted by molar-refractivity contribution is -0.122. The van der Waals surface area contributed by atoms with E-state index in [1.807, 2.05) is 0 Å². The summed E-state index contributed by atoms with van der Waals surface area (Å²) in [6.45, 7) is 3.01. The van der Waals surface area contributed by atoms with Crippen LogP contribution in [0, 0.1) is 0 Å². The maximum atomic E-state index is 11.9. The van der Waals surface area contributed by atoms with Gasteiger partial charge in [0.15, 0.2) is 11.5 Å². The van der Waals surface area contributed by atoms with Crippen LogP contribution < -0.4 is 15.8 Å². The lowest BCUT2D eigenvalue weighted by Gasteiger charge is -2.22. The number of hydrogen-bond donors (Lipinski definition) is 3. The molecule has 6 heteroatoms. The molecule has 1 aromatic carbocycles. The Morgan fingerprint density at radius 1 is 1.39 bits per heavy atom. The first-order valence-electron chi connectivity index (χ1n) is 5.27. The van der Waals surface area contributed by atoms with E-state index in [1.165, 1.54) is 39.2 Å². The maximum Gasteiger partial charge on any atom is 0.252 e. The van der Waals surface area contributed by atoms with E-state index >= 15 is 0 Å². The van der Waals surface area contributed by atoms with Gasteiger partial charge in [0.25, 0.3) is 5.91 Å². The SMILES string of the molecule is COc1cc(C(=O)NC(C)(C)C(N)=O)ccc1O. The van der Waals surface area contributed by atoms with E-state index in [0.717, 1.165) is 0 Å². The Balaban J connectivity index is 2.95. The summed E-state index contributed by atoms with van der Waals surface area (Å²) in [5.74, 6) is -0.999. The Kier molecular flexibility index (Phi) is 3.80. The van der Waals surface area contributed by atoms with Gasteiger partial charge in [-0.3, -0.25) is 9.59 Å². The molecule has 0 aromatic heterocycles. The predicted octanol–water partition coefficient (Wildman–Crippen LogP) is 0.395. The van der Waals surface area contributed by atoms with Gasteiger partial charge in [-0.25, -0.2) is 0 Å². The van der Waals surface area contributed by atoms with E-state index in [9.17, 15) is 14.7 Å². The maximum absolute atomic E-state index is 11.9. The van der Waals surface area contributed by atoms with Gasteiger partial charge in [0.1, 0.15) is 5.54 Å². The molecule has 1 aromatic rings. The summed E-state index contributed by atoms with van der Waals surface area (Å²) in [7, 11) is 1.38. The van der Waals surface area contributed by atoms with Crippen LogP contribution in [0.2, 0.25) is 0 Å². The number of nitrogens with two attached hydrogens (primary N) is 1. The highest BCUT2D eigenvalue weighted by Gasteiger charge is 2.27. The first-order chi connectivity index (χ1) is 8.27. The van der Waals surface area contributed by atoms with Crippen molar-refractivity contribution in [3.8, 4) is 11.5 Å². The standard InChI is InChI=1S/C12H16N2O4/c1-12(2,11(13)17)14-10(16)7-4-5-8(15)9(6-7)18-3/h4-6,15H,1-3H3,(H2,13,17)(H,14,16). The monoisotopic (exact) mass is 252 g/mol. The second-order valence-corrected chi connectivity index (χ2v) is 4.33. The van der Waals surface area contributed by atoms with Crippen molar-refractivity contribution < 1.29 is 19.4 Å². The first kappa shape index (κ1) is 13.8. The number of hydrogen-bond acceptors (Lipinski definition) is 4. The fourth-order valence-corrected chi connectivity index (χ4v) is 1.24. The van der Waals surface area contributed by atoms with Gasteiger partial charge in [0.2, 0.25) is 5.91 Å². The molecule has 6 nitrogen and oxygen atoms in total. The summed E-state index contributed by atoms with van der Waals surface area (Å²) in [5, 5.41) is 11.9. The molecule has 0 atom stereocenters. The van der Waals surface area contributed by atoms with E-state index in [0.29, 0.717) is 0 Å². The number of nitrogens with one attached hydrogen (secondary N) is 1. The number of carbonyl (C=O) groups excluding carboxylic acids is 2. The number of benzene rings is 1. The molecule has 0 saturated heterocycles. The van der Waals surface area contributed by atoms with Gasteiger partial charge in [-0.15, -0.1) is 0 Å². The van der Waals surface area contributed by atoms with Crippen LogP contribution >= 0.6 is 0 Å². The number of aromatic hydroxyl groups is 1. The largest absolute Gasteiger partial charge is 0.504 e. The normalized spacial score (nSPS) is 10.8. The molecule has 0 aliphatic rings. The average molecular weight is 252 g/mol. The number of rotatable bonds is 4. The molecule has 1 rings (SSSR count). The molecule has 18 heavy (non-hydrogen) atoms. The van der Waals surface area contributed by atoms with Crippen molar-refractivity contribution in [1.29, 1.82) is 0 Å². The fraction of sp³-hybridized carbons (Fsp3) is 0.333. The number of carbonyl (C=O) groups is 2. The van der Waals surface area contributed by atoms with Crippen molar-refractivity contribution in [2.24, 2.45) is 5.73 Å². The smallest absolute Gasteiger partial charge is 0.252 e. The number of primary amides is 1. The summed E-state index contributed by atoms with van der Waals surface area (Å²) in [5.41, 5.74) is 4.27. The topological polar surface area (TPSA) is 102 Å². The van der Waals surface area contributed by atoms with Crippen molar-refractivity contribution in [3.05, 3.63) is 23.8 Å². The van der Waals surface area contributed by atoms with Crippen LogP contribution in [0.15, 0.2) is 18.2 Å². The fourth-order valence-electron chi connectivity index (χ4n) is 1.24. The summed E-state index contributed by atoms with van der Waals surface area (Å²) < 4.78 is 4.89.